The summed E-state index contributed by atoms with van der Waals surface area (Å²) in [6.45, 7) is 2.06. The number of rotatable bonds is 1. The van der Waals surface area contributed by atoms with E-state index in [-0.39, 0.29) is 0 Å². The Morgan fingerprint density at radius 1 is 1.80 bits per heavy atom. The summed E-state index contributed by atoms with van der Waals surface area (Å²) in [7, 11) is 0. The first-order chi connectivity index (χ1) is 2.41. The molecule has 0 radical (unpaired) electrons. The van der Waals surface area contributed by atoms with Crippen LogP contribution < -0.4 is 0 Å². The molecule has 5 heavy (non-hydrogen) atoms. The molecule has 0 aromatic heterocycles. The maximum atomic E-state index is 4.47. The fraction of sp³-hybridized carbons (Fsp3) is 0.500. The third-order valence-corrected chi connectivity index (χ3v) is 0.524. The SMILES string of the molecule is CC/C=C/[S-]. The van der Waals surface area contributed by atoms with Crippen LogP contribution in [0.4, 0.5) is 0 Å². The standard InChI is InChI=1S/C4H8S/c1-2-3-4-5/h3-5H,2H2,1H3/p-1/b4-3+. The Balaban J connectivity index is 2.62. The summed E-state index contributed by atoms with van der Waals surface area (Å²) in [6, 6.07) is 0. The van der Waals surface area contributed by atoms with Crippen molar-refractivity contribution in [2.75, 3.05) is 0 Å². The highest BCUT2D eigenvalue weighted by molar-refractivity contribution is 7.62. The predicted molar refractivity (Wildman–Crippen MR) is 26.8 cm³/mol. The van der Waals surface area contributed by atoms with E-state index in [9.17, 15) is 0 Å². The van der Waals surface area contributed by atoms with Crippen LogP contribution in [0, 0.1) is 0 Å². The molecule has 0 atom stereocenters. The molecule has 0 unspecified atom stereocenters. The van der Waals surface area contributed by atoms with Crippen molar-refractivity contribution in [3.05, 3.63) is 11.5 Å². The molecule has 30 valence electrons. The van der Waals surface area contributed by atoms with E-state index in [0.717, 1.165) is 6.42 Å². The van der Waals surface area contributed by atoms with Crippen LogP contribution in [-0.4, -0.2) is 0 Å². The van der Waals surface area contributed by atoms with E-state index >= 15 is 0 Å². The van der Waals surface area contributed by atoms with Gasteiger partial charge in [-0.2, -0.15) is 0 Å². The van der Waals surface area contributed by atoms with Gasteiger partial charge in [-0.25, -0.2) is 5.41 Å². The van der Waals surface area contributed by atoms with E-state index in [1.807, 2.05) is 6.08 Å². The lowest BCUT2D eigenvalue weighted by Crippen LogP contribution is -1.44. The Morgan fingerprint density at radius 3 is 2.40 bits per heavy atom. The van der Waals surface area contributed by atoms with E-state index in [2.05, 4.69) is 19.6 Å². The van der Waals surface area contributed by atoms with Crippen LogP contribution >= 0.6 is 0 Å². The molecule has 0 rings (SSSR count). The van der Waals surface area contributed by atoms with Crippen molar-refractivity contribution in [3.63, 3.8) is 0 Å². The first-order valence-electron chi connectivity index (χ1n) is 1.68. The van der Waals surface area contributed by atoms with Gasteiger partial charge in [0.2, 0.25) is 0 Å². The van der Waals surface area contributed by atoms with Crippen molar-refractivity contribution in [2.45, 2.75) is 13.3 Å². The van der Waals surface area contributed by atoms with Crippen LogP contribution in [0.2, 0.25) is 0 Å². The maximum absolute atomic E-state index is 4.47. The van der Waals surface area contributed by atoms with Gasteiger partial charge in [-0.15, -0.1) is 6.08 Å². The zero-order chi connectivity index (χ0) is 4.12. The van der Waals surface area contributed by atoms with Gasteiger partial charge in [0.05, 0.1) is 0 Å². The van der Waals surface area contributed by atoms with Crippen LogP contribution in [0.25, 0.3) is 0 Å². The van der Waals surface area contributed by atoms with Crippen LogP contribution in [0.15, 0.2) is 11.5 Å². The Labute approximate surface area is 38.3 Å². The first kappa shape index (κ1) is 4.96. The summed E-state index contributed by atoms with van der Waals surface area (Å²) >= 11 is 4.47. The monoisotopic (exact) mass is 87.0 g/mol. The number of allylic oxidation sites excluding steroid dienone is 1. The zero-order valence-electron chi connectivity index (χ0n) is 3.27. The average Bonchev–Trinajstić information content (AvgIpc) is 1.41. The second-order valence-corrected chi connectivity index (χ2v) is 1.05. The third-order valence-electron chi connectivity index (χ3n) is 0.332. The smallest absolute Gasteiger partial charge is 0.0396 e. The molecule has 0 aliphatic carbocycles. The van der Waals surface area contributed by atoms with Crippen molar-refractivity contribution in [1.29, 1.82) is 0 Å². The minimum Gasteiger partial charge on any atom is -0.788 e. The second-order valence-electron chi connectivity index (χ2n) is 0.780. The quantitative estimate of drug-likeness (QED) is 0.436. The molecular weight excluding hydrogens is 80.1 g/mol. The van der Waals surface area contributed by atoms with Crippen molar-refractivity contribution in [2.24, 2.45) is 0 Å². The summed E-state index contributed by atoms with van der Waals surface area (Å²) in [6.07, 6.45) is 3.00. The lowest BCUT2D eigenvalue weighted by atomic mass is 10.5. The van der Waals surface area contributed by atoms with Gasteiger partial charge < -0.3 is 12.6 Å². The van der Waals surface area contributed by atoms with Crippen molar-refractivity contribution < 1.29 is 0 Å². The van der Waals surface area contributed by atoms with Gasteiger partial charge in [-0.05, 0) is 6.42 Å². The fourth-order valence-electron chi connectivity index (χ4n) is 0.0962. The summed E-state index contributed by atoms with van der Waals surface area (Å²) in [5, 5.41) is 1.64. The number of hydrogen-bond acceptors (Lipinski definition) is 1. The highest BCUT2D eigenvalue weighted by Gasteiger charge is 1.47. The Bertz CT molecular complexity index is 30.6. The minimum atomic E-state index is 1.06. The van der Waals surface area contributed by atoms with Crippen molar-refractivity contribution in [1.82, 2.24) is 0 Å². The molecule has 0 aromatic carbocycles. The molecule has 0 saturated carbocycles. The van der Waals surface area contributed by atoms with Gasteiger partial charge >= 0.3 is 0 Å². The molecule has 0 aromatic rings. The molecule has 0 amide bonds. The first-order valence-corrected chi connectivity index (χ1v) is 2.16. The Morgan fingerprint density at radius 2 is 2.40 bits per heavy atom. The summed E-state index contributed by atoms with van der Waals surface area (Å²) in [4.78, 5) is 0. The van der Waals surface area contributed by atoms with Crippen LogP contribution in [0.5, 0.6) is 0 Å². The molecule has 0 N–H and O–H groups in total. The van der Waals surface area contributed by atoms with Crippen LogP contribution in [0.3, 0.4) is 0 Å². The maximum Gasteiger partial charge on any atom is -0.0396 e. The van der Waals surface area contributed by atoms with Gasteiger partial charge in [0, 0.05) is 0 Å². The Hall–Kier alpha value is -0.0400. The van der Waals surface area contributed by atoms with E-state index in [0.29, 0.717) is 0 Å². The van der Waals surface area contributed by atoms with Crippen molar-refractivity contribution >= 4 is 12.6 Å². The minimum absolute atomic E-state index is 1.06. The molecule has 1 heteroatoms. The topological polar surface area (TPSA) is 0 Å². The van der Waals surface area contributed by atoms with Crippen LogP contribution in [0.1, 0.15) is 13.3 Å². The third kappa shape index (κ3) is 3.96. The van der Waals surface area contributed by atoms with E-state index in [4.69, 9.17) is 0 Å². The highest BCUT2D eigenvalue weighted by atomic mass is 32.1. The lowest BCUT2D eigenvalue weighted by Gasteiger charge is -1.80. The van der Waals surface area contributed by atoms with Gasteiger partial charge in [0.1, 0.15) is 0 Å². The van der Waals surface area contributed by atoms with Gasteiger partial charge in [-0.3, -0.25) is 0 Å². The molecule has 0 saturated heterocycles. The Kier molecular flexibility index (Phi) is 3.93. The van der Waals surface area contributed by atoms with Crippen molar-refractivity contribution in [3.8, 4) is 0 Å². The number of hydrogen-bond donors (Lipinski definition) is 0. The highest BCUT2D eigenvalue weighted by Crippen LogP contribution is 1.72. The van der Waals surface area contributed by atoms with Gasteiger partial charge in [-0.1, -0.05) is 6.92 Å². The second kappa shape index (κ2) is 3.96. The lowest BCUT2D eigenvalue weighted by molar-refractivity contribution is 1.23. The molecule has 0 bridgehead atoms. The van der Waals surface area contributed by atoms with Crippen LogP contribution in [-0.2, 0) is 12.6 Å². The van der Waals surface area contributed by atoms with Gasteiger partial charge in [0.25, 0.3) is 0 Å². The van der Waals surface area contributed by atoms with E-state index in [1.165, 1.54) is 0 Å². The van der Waals surface area contributed by atoms with E-state index in [1.54, 1.807) is 5.41 Å². The molecule has 0 heterocycles. The molecular formula is C4H7S-. The fourth-order valence-corrected chi connectivity index (χ4v) is 0.289. The zero-order valence-corrected chi connectivity index (χ0v) is 4.09. The summed E-state index contributed by atoms with van der Waals surface area (Å²) in [5.74, 6) is 0. The molecule has 0 nitrogen and oxygen atoms in total. The predicted octanol–water partition coefficient (Wildman–Crippen LogP) is 1.46. The largest absolute Gasteiger partial charge is 0.788 e. The molecule has 0 aliphatic heterocycles. The average molecular weight is 87.2 g/mol. The van der Waals surface area contributed by atoms with E-state index < -0.39 is 0 Å². The summed E-state index contributed by atoms with van der Waals surface area (Å²) in [5.41, 5.74) is 0. The van der Waals surface area contributed by atoms with Gasteiger partial charge in [0.15, 0.2) is 0 Å². The molecule has 0 aliphatic rings. The molecule has 0 fully saturated rings. The summed E-state index contributed by atoms with van der Waals surface area (Å²) < 4.78 is 0. The molecule has 0 spiro atoms. The normalized spacial score (nSPS) is 9.80.